The van der Waals surface area contributed by atoms with Crippen molar-refractivity contribution in [1.82, 2.24) is 10.3 Å². The minimum absolute atomic E-state index is 0.123. The Morgan fingerprint density at radius 1 is 1.03 bits per heavy atom. The molecule has 7 nitrogen and oxygen atoms in total. The fourth-order valence-corrected chi connectivity index (χ4v) is 3.35. The summed E-state index contributed by atoms with van der Waals surface area (Å²) < 4.78 is 10.6. The van der Waals surface area contributed by atoms with Crippen LogP contribution in [-0.4, -0.2) is 42.4 Å². The highest BCUT2D eigenvalue weighted by atomic mass is 16.7. The average molecular weight is 393 g/mol. The second-order valence-corrected chi connectivity index (χ2v) is 6.97. The molecular formula is C22H23N3O4. The van der Waals surface area contributed by atoms with Crippen molar-refractivity contribution >= 4 is 17.5 Å². The molecule has 0 spiro atoms. The first-order valence-corrected chi connectivity index (χ1v) is 9.77. The van der Waals surface area contributed by atoms with E-state index in [9.17, 15) is 9.59 Å². The van der Waals surface area contributed by atoms with Gasteiger partial charge >= 0.3 is 0 Å². The van der Waals surface area contributed by atoms with Gasteiger partial charge in [-0.25, -0.2) is 5.01 Å². The van der Waals surface area contributed by atoms with Gasteiger partial charge in [0.25, 0.3) is 0 Å². The van der Waals surface area contributed by atoms with Crippen molar-refractivity contribution in [2.45, 2.75) is 25.7 Å². The van der Waals surface area contributed by atoms with E-state index in [4.69, 9.17) is 9.47 Å². The molecule has 2 aromatic rings. The van der Waals surface area contributed by atoms with E-state index < -0.39 is 0 Å². The zero-order chi connectivity index (χ0) is 20.1. The van der Waals surface area contributed by atoms with Gasteiger partial charge in [0.15, 0.2) is 11.5 Å². The molecule has 2 heterocycles. The van der Waals surface area contributed by atoms with Crippen molar-refractivity contribution in [2.75, 3.05) is 19.9 Å². The molecule has 0 aromatic heterocycles. The molecule has 2 aromatic carbocycles. The smallest absolute Gasteiger partial charge is 0.243 e. The van der Waals surface area contributed by atoms with Crippen LogP contribution in [0.1, 0.15) is 30.4 Å². The summed E-state index contributed by atoms with van der Waals surface area (Å²) in [5.41, 5.74) is 3.00. The minimum atomic E-state index is -0.134. The number of amides is 2. The van der Waals surface area contributed by atoms with Gasteiger partial charge in [-0.1, -0.05) is 36.4 Å². The second-order valence-electron chi connectivity index (χ2n) is 6.97. The number of hydrogen-bond acceptors (Lipinski definition) is 5. The van der Waals surface area contributed by atoms with Crippen LogP contribution in [0.5, 0.6) is 11.5 Å². The monoisotopic (exact) mass is 393 g/mol. The maximum Gasteiger partial charge on any atom is 0.243 e. The lowest BCUT2D eigenvalue weighted by Crippen LogP contribution is -2.29. The Balaban J connectivity index is 1.19. The van der Waals surface area contributed by atoms with E-state index in [1.54, 1.807) is 0 Å². The largest absolute Gasteiger partial charge is 0.454 e. The number of nitrogens with zero attached hydrogens (tertiary/aromatic N) is 2. The Bertz CT molecular complexity index is 927. The molecule has 2 aliphatic heterocycles. The lowest BCUT2D eigenvalue weighted by Gasteiger charge is -2.11. The normalized spacial score (nSPS) is 14.6. The standard InChI is InChI=1S/C22H23N3O4/c26-21(23-12-10-16-6-7-19-20(14-16)29-15-28-19)8-9-22(27)25-13-11-18(24-25)17-4-2-1-3-5-17/h1-7,14H,8-13,15H2,(H,23,26). The molecule has 2 aliphatic rings. The first kappa shape index (κ1) is 19.0. The van der Waals surface area contributed by atoms with E-state index in [1.165, 1.54) is 5.01 Å². The molecule has 2 amide bonds. The summed E-state index contributed by atoms with van der Waals surface area (Å²) in [5.74, 6) is 1.23. The number of benzene rings is 2. The first-order valence-electron chi connectivity index (χ1n) is 9.77. The molecule has 0 unspecified atom stereocenters. The summed E-state index contributed by atoms with van der Waals surface area (Å²) in [6, 6.07) is 15.6. The van der Waals surface area contributed by atoms with E-state index in [2.05, 4.69) is 10.4 Å². The molecule has 0 fully saturated rings. The summed E-state index contributed by atoms with van der Waals surface area (Å²) in [7, 11) is 0. The number of nitrogens with one attached hydrogen (secondary N) is 1. The number of ether oxygens (including phenoxy) is 2. The SMILES string of the molecule is O=C(CCC(=O)N1CCC(c2ccccc2)=N1)NCCc1ccc2c(c1)OCO2. The molecule has 0 saturated heterocycles. The number of hydrazone groups is 1. The van der Waals surface area contributed by atoms with Gasteiger partial charge in [-0.15, -0.1) is 0 Å². The lowest BCUT2D eigenvalue weighted by molar-refractivity contribution is -0.133. The van der Waals surface area contributed by atoms with Gasteiger partial charge in [0.05, 0.1) is 12.3 Å². The molecule has 0 atom stereocenters. The van der Waals surface area contributed by atoms with Crippen LogP contribution in [0.25, 0.3) is 0 Å². The number of hydrogen-bond donors (Lipinski definition) is 1. The number of carbonyl (C=O) groups excluding carboxylic acids is 2. The molecule has 0 saturated carbocycles. The summed E-state index contributed by atoms with van der Waals surface area (Å²) in [5, 5.41) is 8.75. The van der Waals surface area contributed by atoms with Crippen LogP contribution in [0.2, 0.25) is 0 Å². The van der Waals surface area contributed by atoms with Crippen LogP contribution < -0.4 is 14.8 Å². The summed E-state index contributed by atoms with van der Waals surface area (Å²) in [6.45, 7) is 1.32. The third-order valence-corrected chi connectivity index (χ3v) is 4.94. The van der Waals surface area contributed by atoms with Gasteiger partial charge in [-0.2, -0.15) is 5.10 Å². The third kappa shape index (κ3) is 4.74. The van der Waals surface area contributed by atoms with Crippen molar-refractivity contribution < 1.29 is 19.1 Å². The molecule has 4 rings (SSSR count). The molecule has 0 aliphatic carbocycles. The van der Waals surface area contributed by atoms with E-state index in [0.29, 0.717) is 19.5 Å². The zero-order valence-electron chi connectivity index (χ0n) is 16.1. The van der Waals surface area contributed by atoms with E-state index in [0.717, 1.165) is 34.8 Å². The van der Waals surface area contributed by atoms with Crippen molar-refractivity contribution in [2.24, 2.45) is 5.10 Å². The molecule has 1 N–H and O–H groups in total. The fourth-order valence-electron chi connectivity index (χ4n) is 3.35. The molecule has 7 heteroatoms. The van der Waals surface area contributed by atoms with Crippen molar-refractivity contribution in [3.63, 3.8) is 0 Å². The predicted octanol–water partition coefficient (Wildman–Crippen LogP) is 2.49. The van der Waals surface area contributed by atoms with Gasteiger partial charge in [0.2, 0.25) is 18.6 Å². The van der Waals surface area contributed by atoms with Crippen LogP contribution in [0.3, 0.4) is 0 Å². The highest BCUT2D eigenvalue weighted by molar-refractivity contribution is 6.02. The molecule has 29 heavy (non-hydrogen) atoms. The van der Waals surface area contributed by atoms with E-state index >= 15 is 0 Å². The first-order chi connectivity index (χ1) is 14.2. The number of carbonyl (C=O) groups is 2. The van der Waals surface area contributed by atoms with Gasteiger partial charge in [0, 0.05) is 25.8 Å². The number of rotatable bonds is 7. The summed E-state index contributed by atoms with van der Waals surface area (Å²) >= 11 is 0. The van der Waals surface area contributed by atoms with E-state index in [-0.39, 0.29) is 31.4 Å². The third-order valence-electron chi connectivity index (χ3n) is 4.94. The minimum Gasteiger partial charge on any atom is -0.454 e. The quantitative estimate of drug-likeness (QED) is 0.784. The summed E-state index contributed by atoms with van der Waals surface area (Å²) in [6.07, 6.45) is 1.73. The average Bonchev–Trinajstić information content (AvgIpc) is 3.42. The van der Waals surface area contributed by atoms with Crippen molar-refractivity contribution in [3.05, 3.63) is 59.7 Å². The van der Waals surface area contributed by atoms with Crippen LogP contribution in [0.4, 0.5) is 0 Å². The highest BCUT2D eigenvalue weighted by Crippen LogP contribution is 2.32. The van der Waals surface area contributed by atoms with Crippen LogP contribution in [0.15, 0.2) is 53.6 Å². The van der Waals surface area contributed by atoms with Crippen LogP contribution in [-0.2, 0) is 16.0 Å². The maximum absolute atomic E-state index is 12.3. The Labute approximate surface area is 169 Å². The topological polar surface area (TPSA) is 80.2 Å². The Hall–Kier alpha value is -3.35. The summed E-state index contributed by atoms with van der Waals surface area (Å²) in [4.78, 5) is 24.4. The fraction of sp³-hybridized carbons (Fsp3) is 0.318. The lowest BCUT2D eigenvalue weighted by atomic mass is 10.1. The van der Waals surface area contributed by atoms with Gasteiger partial charge in [0.1, 0.15) is 0 Å². The molecule has 150 valence electrons. The molecule has 0 radical (unpaired) electrons. The zero-order valence-corrected chi connectivity index (χ0v) is 16.1. The second kappa shape index (κ2) is 8.77. The molecular weight excluding hydrogens is 370 g/mol. The Morgan fingerprint density at radius 3 is 2.72 bits per heavy atom. The van der Waals surface area contributed by atoms with Crippen molar-refractivity contribution in [1.29, 1.82) is 0 Å². The van der Waals surface area contributed by atoms with Gasteiger partial charge in [-0.3, -0.25) is 9.59 Å². The predicted molar refractivity (Wildman–Crippen MR) is 108 cm³/mol. The Kier molecular flexibility index (Phi) is 5.74. The van der Waals surface area contributed by atoms with Crippen LogP contribution in [0, 0.1) is 0 Å². The van der Waals surface area contributed by atoms with Crippen molar-refractivity contribution in [3.8, 4) is 11.5 Å². The number of fused-ring (bicyclic) bond motifs is 1. The Morgan fingerprint density at radius 2 is 1.86 bits per heavy atom. The van der Waals surface area contributed by atoms with Crippen LogP contribution >= 0.6 is 0 Å². The van der Waals surface area contributed by atoms with E-state index in [1.807, 2.05) is 48.5 Å². The highest BCUT2D eigenvalue weighted by Gasteiger charge is 2.21. The maximum atomic E-state index is 12.3. The van der Waals surface area contributed by atoms with Gasteiger partial charge in [-0.05, 0) is 29.7 Å². The molecule has 0 bridgehead atoms. The van der Waals surface area contributed by atoms with Gasteiger partial charge < -0.3 is 14.8 Å².